The summed E-state index contributed by atoms with van der Waals surface area (Å²) in [5.41, 5.74) is 2.82. The van der Waals surface area contributed by atoms with Crippen molar-refractivity contribution in [2.24, 2.45) is 0 Å². The van der Waals surface area contributed by atoms with Gasteiger partial charge in [-0.25, -0.2) is 4.57 Å². The van der Waals surface area contributed by atoms with Crippen LogP contribution in [0.4, 0.5) is 5.69 Å². The third-order valence-corrected chi connectivity index (χ3v) is 3.82. The largest absolute Gasteiger partial charge is 1.00 e. The van der Waals surface area contributed by atoms with Gasteiger partial charge in [-0.2, -0.15) is 0 Å². The van der Waals surface area contributed by atoms with E-state index in [9.17, 15) is 15.2 Å². The van der Waals surface area contributed by atoms with Crippen molar-refractivity contribution in [1.82, 2.24) is 0 Å². The number of aromatic nitrogens is 1. The molecule has 1 heterocycles. The standard InChI is InChI=1S/C20H16N2O3.ClH/c23-19-9-7-16(8-10-19)5-6-17-11-13-21(14-12-17)15-18-3-1-2-4-20(18)22(24)25;/h1-14H,15H2;1H. The Labute approximate surface area is 157 Å². The van der Waals surface area contributed by atoms with Crippen LogP contribution in [0.25, 0.3) is 12.2 Å². The molecule has 6 heteroatoms. The molecule has 2 aromatic carbocycles. The molecule has 0 fully saturated rings. The van der Waals surface area contributed by atoms with Gasteiger partial charge < -0.3 is 17.5 Å². The molecular formula is C20H17ClN2O3. The molecule has 0 unspecified atom stereocenters. The number of rotatable bonds is 5. The Morgan fingerprint density at radius 2 is 1.50 bits per heavy atom. The van der Waals surface area contributed by atoms with E-state index in [1.165, 1.54) is 6.07 Å². The zero-order chi connectivity index (χ0) is 17.6. The zero-order valence-corrected chi connectivity index (χ0v) is 14.6. The Kier molecular flexibility index (Phi) is 6.47. The summed E-state index contributed by atoms with van der Waals surface area (Å²) in [7, 11) is 0. The van der Waals surface area contributed by atoms with E-state index in [2.05, 4.69) is 0 Å². The fourth-order valence-corrected chi connectivity index (χ4v) is 2.48. The summed E-state index contributed by atoms with van der Waals surface area (Å²) >= 11 is 0. The van der Waals surface area contributed by atoms with Crippen LogP contribution in [0.3, 0.4) is 0 Å². The van der Waals surface area contributed by atoms with Crippen molar-refractivity contribution >= 4 is 17.8 Å². The van der Waals surface area contributed by atoms with Gasteiger partial charge in [0, 0.05) is 18.2 Å². The van der Waals surface area contributed by atoms with Crippen LogP contribution < -0.4 is 17.0 Å². The van der Waals surface area contributed by atoms with Crippen molar-refractivity contribution < 1.29 is 27.0 Å². The zero-order valence-electron chi connectivity index (χ0n) is 13.8. The van der Waals surface area contributed by atoms with E-state index in [0.29, 0.717) is 12.1 Å². The Morgan fingerprint density at radius 3 is 2.12 bits per heavy atom. The minimum atomic E-state index is -0.356. The molecule has 0 radical (unpaired) electrons. The quantitative estimate of drug-likeness (QED) is 0.412. The minimum absolute atomic E-state index is 0. The maximum Gasteiger partial charge on any atom is 0.278 e. The third-order valence-electron chi connectivity index (χ3n) is 3.82. The lowest BCUT2D eigenvalue weighted by Gasteiger charge is -2.00. The number of nitro benzene ring substituents is 1. The number of para-hydroxylation sites is 1. The van der Waals surface area contributed by atoms with Gasteiger partial charge in [-0.3, -0.25) is 10.1 Å². The number of aromatic hydroxyl groups is 1. The van der Waals surface area contributed by atoms with Crippen LogP contribution in [0.1, 0.15) is 16.7 Å². The van der Waals surface area contributed by atoms with Crippen LogP contribution in [0.5, 0.6) is 5.75 Å². The Balaban J connectivity index is 0.00000243. The average Bonchev–Trinajstić information content (AvgIpc) is 2.63. The first-order valence-corrected chi connectivity index (χ1v) is 7.80. The van der Waals surface area contributed by atoms with Crippen LogP contribution in [-0.4, -0.2) is 10.0 Å². The number of pyridine rings is 1. The van der Waals surface area contributed by atoms with Crippen molar-refractivity contribution in [3.05, 3.63) is 99.9 Å². The summed E-state index contributed by atoms with van der Waals surface area (Å²) in [4.78, 5) is 10.7. The van der Waals surface area contributed by atoms with E-state index < -0.39 is 0 Å². The van der Waals surface area contributed by atoms with E-state index >= 15 is 0 Å². The second kappa shape index (κ2) is 8.78. The molecule has 0 aliphatic heterocycles. The smallest absolute Gasteiger partial charge is 0.278 e. The predicted octanol–water partition coefficient (Wildman–Crippen LogP) is 0.811. The molecule has 0 aliphatic carbocycles. The minimum Gasteiger partial charge on any atom is -1.00 e. The van der Waals surface area contributed by atoms with Gasteiger partial charge in [-0.15, -0.1) is 0 Å². The van der Waals surface area contributed by atoms with E-state index in [4.69, 9.17) is 0 Å². The van der Waals surface area contributed by atoms with Crippen molar-refractivity contribution in [2.45, 2.75) is 6.54 Å². The second-order valence-electron chi connectivity index (χ2n) is 5.61. The molecule has 3 aromatic rings. The van der Waals surface area contributed by atoms with Gasteiger partial charge in [-0.05, 0) is 29.3 Å². The van der Waals surface area contributed by atoms with Crippen LogP contribution >= 0.6 is 0 Å². The maximum atomic E-state index is 11.1. The summed E-state index contributed by atoms with van der Waals surface area (Å²) in [5, 5.41) is 20.4. The van der Waals surface area contributed by atoms with Crippen LogP contribution in [0, 0.1) is 10.1 Å². The molecule has 0 atom stereocenters. The van der Waals surface area contributed by atoms with Gasteiger partial charge in [0.15, 0.2) is 18.9 Å². The lowest BCUT2D eigenvalue weighted by atomic mass is 10.1. The first kappa shape index (κ1) is 19.1. The Bertz CT molecular complexity index is 907. The molecule has 0 spiro atoms. The molecule has 5 nitrogen and oxygen atoms in total. The highest BCUT2D eigenvalue weighted by Gasteiger charge is 2.15. The van der Waals surface area contributed by atoms with E-state index in [-0.39, 0.29) is 28.8 Å². The number of phenols is 1. The Hall–Kier alpha value is -3.18. The molecule has 0 bridgehead atoms. The predicted molar refractivity (Wildman–Crippen MR) is 95.9 cm³/mol. The van der Waals surface area contributed by atoms with Crippen molar-refractivity contribution in [3.63, 3.8) is 0 Å². The summed E-state index contributed by atoms with van der Waals surface area (Å²) in [6.45, 7) is 0.444. The molecule has 1 N–H and O–H groups in total. The first-order chi connectivity index (χ1) is 12.1. The monoisotopic (exact) mass is 368 g/mol. The number of nitro groups is 1. The molecule has 0 saturated heterocycles. The van der Waals surface area contributed by atoms with Gasteiger partial charge in [0.2, 0.25) is 0 Å². The van der Waals surface area contributed by atoms with Gasteiger partial charge in [-0.1, -0.05) is 36.4 Å². The molecular weight excluding hydrogens is 352 g/mol. The molecule has 132 valence electrons. The number of hydrogen-bond donors (Lipinski definition) is 1. The normalized spacial score (nSPS) is 10.5. The highest BCUT2D eigenvalue weighted by Crippen LogP contribution is 2.17. The molecule has 3 rings (SSSR count). The SMILES string of the molecule is O=[N+]([O-])c1ccccc1C[n+]1ccc(/C=C/c2ccc(O)cc2)cc1.[Cl-]. The highest BCUT2D eigenvalue weighted by atomic mass is 35.5. The summed E-state index contributed by atoms with van der Waals surface area (Å²) in [6, 6.07) is 17.6. The third kappa shape index (κ3) is 4.91. The average molecular weight is 369 g/mol. The van der Waals surface area contributed by atoms with Crippen molar-refractivity contribution in [1.29, 1.82) is 0 Å². The fraction of sp³-hybridized carbons (Fsp3) is 0.0500. The molecule has 0 amide bonds. The van der Waals surface area contributed by atoms with Crippen LogP contribution in [-0.2, 0) is 6.54 Å². The first-order valence-electron chi connectivity index (χ1n) is 7.80. The summed E-state index contributed by atoms with van der Waals surface area (Å²) < 4.78 is 1.90. The Morgan fingerprint density at radius 1 is 0.923 bits per heavy atom. The lowest BCUT2D eigenvalue weighted by molar-refractivity contribution is -0.688. The topological polar surface area (TPSA) is 67.2 Å². The maximum absolute atomic E-state index is 11.1. The fourth-order valence-electron chi connectivity index (χ4n) is 2.48. The number of benzene rings is 2. The van der Waals surface area contributed by atoms with Gasteiger partial charge in [0.25, 0.3) is 5.69 Å². The van der Waals surface area contributed by atoms with E-state index in [1.54, 1.807) is 30.3 Å². The second-order valence-corrected chi connectivity index (χ2v) is 5.61. The number of halogens is 1. The van der Waals surface area contributed by atoms with Gasteiger partial charge in [0.05, 0.1) is 10.5 Å². The van der Waals surface area contributed by atoms with E-state index in [0.717, 1.165) is 11.1 Å². The number of nitrogens with zero attached hydrogens (tertiary/aromatic N) is 2. The molecule has 1 aromatic heterocycles. The molecule has 0 aliphatic rings. The highest BCUT2D eigenvalue weighted by molar-refractivity contribution is 5.69. The molecule has 26 heavy (non-hydrogen) atoms. The van der Waals surface area contributed by atoms with Crippen LogP contribution in [0.2, 0.25) is 0 Å². The van der Waals surface area contributed by atoms with E-state index in [1.807, 2.05) is 53.4 Å². The lowest BCUT2D eigenvalue weighted by Crippen LogP contribution is -3.00. The number of hydrogen-bond acceptors (Lipinski definition) is 3. The molecule has 0 saturated carbocycles. The number of phenolic OH excluding ortho intramolecular Hbond substituents is 1. The summed E-state index contributed by atoms with van der Waals surface area (Å²) in [6.07, 6.45) is 7.73. The van der Waals surface area contributed by atoms with Crippen molar-refractivity contribution in [2.75, 3.05) is 0 Å². The van der Waals surface area contributed by atoms with Crippen molar-refractivity contribution in [3.8, 4) is 5.75 Å². The van der Waals surface area contributed by atoms with Gasteiger partial charge >= 0.3 is 0 Å². The van der Waals surface area contributed by atoms with Gasteiger partial charge in [0.1, 0.15) is 5.75 Å². The van der Waals surface area contributed by atoms with Crippen LogP contribution in [0.15, 0.2) is 73.1 Å². The summed E-state index contributed by atoms with van der Waals surface area (Å²) in [5.74, 6) is 0.243.